The number of hydrogen-bond acceptors (Lipinski definition) is 9. The van der Waals surface area contributed by atoms with E-state index in [-0.39, 0.29) is 27.6 Å². The highest BCUT2D eigenvalue weighted by Gasteiger charge is 2.22. The molecular weight excluding hydrogens is 380 g/mol. The number of rotatable bonds is 8. The minimum Gasteiger partial charge on any atom is -0.478 e. The minimum atomic E-state index is -3.63. The van der Waals surface area contributed by atoms with Crippen LogP contribution < -0.4 is 15.2 Å². The summed E-state index contributed by atoms with van der Waals surface area (Å²) < 4.78 is 35.7. The van der Waals surface area contributed by atoms with Gasteiger partial charge in [0.25, 0.3) is 5.88 Å². The van der Waals surface area contributed by atoms with Crippen molar-refractivity contribution in [2.45, 2.75) is 30.2 Å². The van der Waals surface area contributed by atoms with E-state index in [0.29, 0.717) is 0 Å². The van der Waals surface area contributed by atoms with E-state index in [2.05, 4.69) is 19.4 Å². The standard InChI is InChI=1S/C12H19ClN4O5S2/c1-6(2)24(19,20)17-9-10(21-3)16-11(8(13)15-9)23-5-7(14)12(18)22-4/h6-7H,5,14H2,1-4H3,(H,15,17)/t7-/m0/s1. The van der Waals surface area contributed by atoms with Crippen LogP contribution in [0.4, 0.5) is 5.82 Å². The van der Waals surface area contributed by atoms with Gasteiger partial charge < -0.3 is 15.2 Å². The molecule has 0 spiro atoms. The van der Waals surface area contributed by atoms with Gasteiger partial charge in [-0.15, -0.1) is 11.8 Å². The molecular formula is C12H19ClN4O5S2. The number of thioether (sulfide) groups is 1. The molecule has 0 unspecified atom stereocenters. The SMILES string of the molecule is COC(=O)[C@@H](N)CSc1nc(OC)c(NS(=O)(=O)C(C)C)nc1Cl. The topological polar surface area (TPSA) is 134 Å². The van der Waals surface area contributed by atoms with Crippen LogP contribution in [0.3, 0.4) is 0 Å². The Morgan fingerprint density at radius 2 is 2.00 bits per heavy atom. The van der Waals surface area contributed by atoms with Crippen molar-refractivity contribution in [1.29, 1.82) is 0 Å². The molecule has 0 fully saturated rings. The number of nitrogens with one attached hydrogen (secondary N) is 1. The van der Waals surface area contributed by atoms with Crippen LogP contribution in [0.25, 0.3) is 0 Å². The lowest BCUT2D eigenvalue weighted by Gasteiger charge is -2.14. The molecule has 0 amide bonds. The maximum atomic E-state index is 11.9. The molecule has 0 aliphatic heterocycles. The number of carbonyl (C=O) groups excluding carboxylic acids is 1. The van der Waals surface area contributed by atoms with Gasteiger partial charge in [-0.05, 0) is 13.8 Å². The first-order valence-corrected chi connectivity index (χ1v) is 9.62. The second kappa shape index (κ2) is 8.70. The Labute approximate surface area is 149 Å². The maximum absolute atomic E-state index is 11.9. The summed E-state index contributed by atoms with van der Waals surface area (Å²) in [7, 11) is -1.08. The van der Waals surface area contributed by atoms with E-state index in [1.165, 1.54) is 28.1 Å². The van der Waals surface area contributed by atoms with Gasteiger partial charge in [0.15, 0.2) is 5.15 Å². The zero-order valence-corrected chi connectivity index (χ0v) is 16.0. The summed E-state index contributed by atoms with van der Waals surface area (Å²) in [5.74, 6) is -0.572. The third kappa shape index (κ3) is 5.36. The average molecular weight is 399 g/mol. The largest absolute Gasteiger partial charge is 0.478 e. The molecule has 1 atom stereocenters. The number of nitrogens with zero attached hydrogens (tertiary/aromatic N) is 2. The van der Waals surface area contributed by atoms with Crippen LogP contribution in [0.15, 0.2) is 5.03 Å². The Balaban J connectivity index is 3.02. The maximum Gasteiger partial charge on any atom is 0.323 e. The van der Waals surface area contributed by atoms with E-state index in [1.54, 1.807) is 0 Å². The van der Waals surface area contributed by atoms with E-state index >= 15 is 0 Å². The zero-order valence-electron chi connectivity index (χ0n) is 13.6. The van der Waals surface area contributed by atoms with E-state index in [1.807, 2.05) is 0 Å². The number of ether oxygens (including phenoxy) is 2. The lowest BCUT2D eigenvalue weighted by atomic mass is 10.4. The fourth-order valence-electron chi connectivity index (χ4n) is 1.33. The Morgan fingerprint density at radius 1 is 1.38 bits per heavy atom. The Kier molecular flexibility index (Phi) is 7.52. The molecule has 0 aromatic carbocycles. The van der Waals surface area contributed by atoms with Gasteiger partial charge in [0.2, 0.25) is 15.8 Å². The number of hydrogen-bond donors (Lipinski definition) is 2. The Morgan fingerprint density at radius 3 is 2.50 bits per heavy atom. The Hall–Kier alpha value is -1.30. The molecule has 0 radical (unpaired) electrons. The predicted molar refractivity (Wildman–Crippen MR) is 92.0 cm³/mol. The molecule has 1 aromatic rings. The van der Waals surface area contributed by atoms with Gasteiger partial charge in [-0.3, -0.25) is 9.52 Å². The average Bonchev–Trinajstić information content (AvgIpc) is 2.52. The molecule has 0 bridgehead atoms. The summed E-state index contributed by atoms with van der Waals surface area (Å²) in [5, 5.41) is -0.463. The number of nitrogens with two attached hydrogens (primary N) is 1. The van der Waals surface area contributed by atoms with Crippen LogP contribution in [0.1, 0.15) is 13.8 Å². The van der Waals surface area contributed by atoms with Crippen LogP contribution in [0, 0.1) is 0 Å². The quantitative estimate of drug-likeness (QED) is 0.483. The van der Waals surface area contributed by atoms with E-state index in [0.717, 1.165) is 11.8 Å². The van der Waals surface area contributed by atoms with E-state index in [9.17, 15) is 13.2 Å². The first kappa shape index (κ1) is 20.7. The monoisotopic (exact) mass is 398 g/mol. The molecule has 1 aromatic heterocycles. The van der Waals surface area contributed by atoms with Crippen LogP contribution in [0.5, 0.6) is 5.88 Å². The molecule has 3 N–H and O–H groups in total. The molecule has 0 aliphatic carbocycles. The summed E-state index contributed by atoms with van der Waals surface area (Å²) >= 11 is 7.09. The highest BCUT2D eigenvalue weighted by molar-refractivity contribution is 7.99. The Bertz CT molecular complexity index is 699. The molecule has 1 rings (SSSR count). The number of aromatic nitrogens is 2. The molecule has 0 aliphatic rings. The summed E-state index contributed by atoms with van der Waals surface area (Å²) in [5.41, 5.74) is 5.63. The van der Waals surface area contributed by atoms with Crippen molar-refractivity contribution < 1.29 is 22.7 Å². The highest BCUT2D eigenvalue weighted by Crippen LogP contribution is 2.31. The summed E-state index contributed by atoms with van der Waals surface area (Å²) in [6.07, 6.45) is 0. The van der Waals surface area contributed by atoms with E-state index < -0.39 is 27.3 Å². The van der Waals surface area contributed by atoms with Gasteiger partial charge in [-0.25, -0.2) is 18.4 Å². The number of esters is 1. The molecule has 136 valence electrons. The normalized spacial score (nSPS) is 12.8. The lowest BCUT2D eigenvalue weighted by Crippen LogP contribution is -2.33. The van der Waals surface area contributed by atoms with E-state index in [4.69, 9.17) is 22.1 Å². The second-order valence-electron chi connectivity index (χ2n) is 4.81. The smallest absolute Gasteiger partial charge is 0.323 e. The summed E-state index contributed by atoms with van der Waals surface area (Å²) in [4.78, 5) is 19.4. The second-order valence-corrected chi connectivity index (χ2v) is 8.42. The molecule has 12 heteroatoms. The number of halogens is 1. The number of anilines is 1. The van der Waals surface area contributed by atoms with Gasteiger partial charge in [0.1, 0.15) is 11.1 Å². The van der Waals surface area contributed by atoms with Crippen molar-refractivity contribution >= 4 is 45.2 Å². The number of methoxy groups -OCH3 is 2. The van der Waals surface area contributed by atoms with Crippen molar-refractivity contribution in [3.63, 3.8) is 0 Å². The van der Waals surface area contributed by atoms with Gasteiger partial charge in [-0.2, -0.15) is 0 Å². The third-order valence-electron chi connectivity index (χ3n) is 2.75. The summed E-state index contributed by atoms with van der Waals surface area (Å²) in [6, 6.07) is -0.858. The highest BCUT2D eigenvalue weighted by atomic mass is 35.5. The minimum absolute atomic E-state index is 0.0423. The van der Waals surface area contributed by atoms with Gasteiger partial charge in [0.05, 0.1) is 19.5 Å². The number of carbonyl (C=O) groups is 1. The van der Waals surface area contributed by atoms with Crippen molar-refractivity contribution in [2.24, 2.45) is 5.73 Å². The lowest BCUT2D eigenvalue weighted by molar-refractivity contribution is -0.141. The molecule has 24 heavy (non-hydrogen) atoms. The van der Waals surface area contributed by atoms with Crippen molar-refractivity contribution in [3.8, 4) is 5.88 Å². The molecule has 9 nitrogen and oxygen atoms in total. The van der Waals surface area contributed by atoms with Crippen LogP contribution in [0.2, 0.25) is 5.15 Å². The van der Waals surface area contributed by atoms with Gasteiger partial charge in [0, 0.05) is 5.75 Å². The zero-order chi connectivity index (χ0) is 18.5. The molecule has 0 saturated heterocycles. The van der Waals surface area contributed by atoms with Crippen LogP contribution in [-0.2, 0) is 19.6 Å². The van der Waals surface area contributed by atoms with Gasteiger partial charge in [-0.1, -0.05) is 11.6 Å². The molecule has 1 heterocycles. The van der Waals surface area contributed by atoms with Crippen molar-refractivity contribution in [2.75, 3.05) is 24.7 Å². The van der Waals surface area contributed by atoms with Crippen LogP contribution in [-0.4, -0.2) is 55.6 Å². The summed E-state index contributed by atoms with van der Waals surface area (Å²) in [6.45, 7) is 3.03. The van der Waals surface area contributed by atoms with Crippen molar-refractivity contribution in [3.05, 3.63) is 5.15 Å². The predicted octanol–water partition coefficient (Wildman–Crippen LogP) is 0.881. The van der Waals surface area contributed by atoms with Crippen LogP contribution >= 0.6 is 23.4 Å². The first-order valence-electron chi connectivity index (χ1n) is 6.71. The van der Waals surface area contributed by atoms with Crippen molar-refractivity contribution in [1.82, 2.24) is 9.97 Å². The fourth-order valence-corrected chi connectivity index (χ4v) is 3.04. The number of sulfonamides is 1. The fraction of sp³-hybridized carbons (Fsp3) is 0.583. The third-order valence-corrected chi connectivity index (χ3v) is 5.93. The first-order chi connectivity index (χ1) is 11.1. The molecule has 0 saturated carbocycles. The van der Waals surface area contributed by atoms with Gasteiger partial charge >= 0.3 is 5.97 Å².